The van der Waals surface area contributed by atoms with Gasteiger partial charge in [-0.2, -0.15) is 0 Å². The van der Waals surface area contributed by atoms with Crippen molar-refractivity contribution < 1.29 is 18.0 Å². The lowest BCUT2D eigenvalue weighted by Gasteiger charge is -2.33. The highest BCUT2D eigenvalue weighted by atomic mass is 35.5. The molecule has 1 unspecified atom stereocenters. The highest BCUT2D eigenvalue weighted by molar-refractivity contribution is 7.92. The number of nitrogens with zero attached hydrogens (tertiary/aromatic N) is 2. The van der Waals surface area contributed by atoms with Crippen LogP contribution in [0.2, 0.25) is 15.1 Å². The molecule has 0 radical (unpaired) electrons. The zero-order valence-electron chi connectivity index (χ0n) is 18.5. The molecule has 0 aliphatic heterocycles. The molecule has 0 heterocycles. The van der Waals surface area contributed by atoms with Gasteiger partial charge in [-0.05, 0) is 49.2 Å². The number of carbonyl (C=O) groups excluding carboxylic acids is 2. The first kappa shape index (κ1) is 27.2. The average Bonchev–Trinajstić information content (AvgIpc) is 2.74. The maximum absolute atomic E-state index is 13.5. The van der Waals surface area contributed by atoms with Gasteiger partial charge >= 0.3 is 0 Å². The number of benzene rings is 2. The summed E-state index contributed by atoms with van der Waals surface area (Å²) in [6.45, 7) is 3.49. The van der Waals surface area contributed by atoms with Gasteiger partial charge in [0.15, 0.2) is 0 Å². The summed E-state index contributed by atoms with van der Waals surface area (Å²) in [5.74, 6) is -0.890. The molecule has 33 heavy (non-hydrogen) atoms. The minimum absolute atomic E-state index is 0.0810. The van der Waals surface area contributed by atoms with Crippen molar-refractivity contribution in [3.05, 3.63) is 63.1 Å². The number of likely N-dealkylation sites (N-methyl/N-ethyl adjacent to an activating group) is 1. The Bertz CT molecular complexity index is 1090. The Morgan fingerprint density at radius 2 is 1.61 bits per heavy atom. The maximum atomic E-state index is 13.5. The van der Waals surface area contributed by atoms with Crippen LogP contribution in [0.3, 0.4) is 0 Å². The Labute approximate surface area is 209 Å². The quantitative estimate of drug-likeness (QED) is 0.491. The van der Waals surface area contributed by atoms with E-state index in [9.17, 15) is 18.0 Å². The van der Waals surface area contributed by atoms with Gasteiger partial charge < -0.3 is 10.2 Å². The third-order valence-electron chi connectivity index (χ3n) is 4.86. The van der Waals surface area contributed by atoms with Crippen LogP contribution in [0.5, 0.6) is 0 Å². The van der Waals surface area contributed by atoms with Crippen LogP contribution >= 0.6 is 34.8 Å². The molecule has 11 heteroatoms. The van der Waals surface area contributed by atoms with Gasteiger partial charge in [-0.25, -0.2) is 8.42 Å². The Balaban J connectivity index is 2.46. The molecule has 2 rings (SSSR count). The minimum Gasteiger partial charge on any atom is -0.355 e. The van der Waals surface area contributed by atoms with Crippen molar-refractivity contribution in [3.63, 3.8) is 0 Å². The van der Waals surface area contributed by atoms with Crippen LogP contribution < -0.4 is 9.62 Å². The molecular weight excluding hydrogens is 509 g/mol. The van der Waals surface area contributed by atoms with Crippen LogP contribution in [0.1, 0.15) is 25.8 Å². The van der Waals surface area contributed by atoms with E-state index in [1.165, 1.54) is 23.1 Å². The number of hydrogen-bond acceptors (Lipinski definition) is 4. The molecule has 0 saturated heterocycles. The summed E-state index contributed by atoms with van der Waals surface area (Å²) in [4.78, 5) is 27.6. The summed E-state index contributed by atoms with van der Waals surface area (Å²) in [7, 11) is -3.90. The molecule has 180 valence electrons. The highest BCUT2D eigenvalue weighted by Gasteiger charge is 2.32. The Morgan fingerprint density at radius 3 is 2.15 bits per heavy atom. The molecule has 0 aliphatic carbocycles. The van der Waals surface area contributed by atoms with Crippen molar-refractivity contribution >= 4 is 62.3 Å². The van der Waals surface area contributed by atoms with E-state index in [1.807, 2.05) is 0 Å². The van der Waals surface area contributed by atoms with E-state index < -0.39 is 28.5 Å². The first-order chi connectivity index (χ1) is 15.5. The van der Waals surface area contributed by atoms with Crippen molar-refractivity contribution in [2.24, 2.45) is 0 Å². The average molecular weight is 535 g/mol. The zero-order chi connectivity index (χ0) is 24.8. The van der Waals surface area contributed by atoms with Crippen LogP contribution in [0.15, 0.2) is 42.5 Å². The van der Waals surface area contributed by atoms with Gasteiger partial charge in [0.05, 0.1) is 17.0 Å². The summed E-state index contributed by atoms with van der Waals surface area (Å²) in [5, 5.41) is 3.66. The summed E-state index contributed by atoms with van der Waals surface area (Å²) in [6.07, 6.45) is 1.31. The van der Waals surface area contributed by atoms with Crippen molar-refractivity contribution in [2.75, 3.05) is 23.7 Å². The molecule has 0 saturated carbocycles. The fourth-order valence-corrected chi connectivity index (χ4v) is 4.69. The van der Waals surface area contributed by atoms with E-state index in [1.54, 1.807) is 38.1 Å². The SMILES string of the molecule is CCNC(=O)C(CC)N(Cc1ccc(Cl)cc1)C(=O)CN(c1cc(Cl)ccc1Cl)S(C)(=O)=O. The third kappa shape index (κ3) is 7.50. The molecular formula is C22H26Cl3N3O4S. The van der Waals surface area contributed by atoms with Gasteiger partial charge in [0.1, 0.15) is 12.6 Å². The van der Waals surface area contributed by atoms with Gasteiger partial charge in [-0.3, -0.25) is 13.9 Å². The summed E-state index contributed by atoms with van der Waals surface area (Å²) in [5.41, 5.74) is 0.819. The molecule has 0 aromatic heterocycles. The van der Waals surface area contributed by atoms with E-state index in [0.717, 1.165) is 16.1 Å². The molecule has 1 N–H and O–H groups in total. The van der Waals surface area contributed by atoms with Crippen LogP contribution in [0.4, 0.5) is 5.69 Å². The van der Waals surface area contributed by atoms with E-state index in [2.05, 4.69) is 5.32 Å². The van der Waals surface area contributed by atoms with Gasteiger partial charge in [0, 0.05) is 23.1 Å². The fourth-order valence-electron chi connectivity index (χ4n) is 3.27. The Kier molecular flexibility index (Phi) is 9.84. The molecule has 0 spiro atoms. The van der Waals surface area contributed by atoms with Gasteiger partial charge in [0.2, 0.25) is 21.8 Å². The molecule has 0 bridgehead atoms. The lowest BCUT2D eigenvalue weighted by Crippen LogP contribution is -2.52. The predicted molar refractivity (Wildman–Crippen MR) is 133 cm³/mol. The normalized spacial score (nSPS) is 12.2. The second-order valence-electron chi connectivity index (χ2n) is 7.33. The largest absolute Gasteiger partial charge is 0.355 e. The first-order valence-corrected chi connectivity index (χ1v) is 13.2. The van der Waals surface area contributed by atoms with Gasteiger partial charge in [-0.15, -0.1) is 0 Å². The predicted octanol–water partition coefficient (Wildman–Crippen LogP) is 4.36. The number of amides is 2. The third-order valence-corrected chi connectivity index (χ3v) is 6.79. The van der Waals surface area contributed by atoms with Crippen LogP contribution in [0, 0.1) is 0 Å². The summed E-state index contributed by atoms with van der Waals surface area (Å²) >= 11 is 18.2. The van der Waals surface area contributed by atoms with Crippen molar-refractivity contribution in [2.45, 2.75) is 32.9 Å². The number of nitrogens with one attached hydrogen (secondary N) is 1. The van der Waals surface area contributed by atoms with Crippen LogP contribution in [-0.4, -0.2) is 50.5 Å². The van der Waals surface area contributed by atoms with Crippen LogP contribution in [0.25, 0.3) is 0 Å². The molecule has 1 atom stereocenters. The zero-order valence-corrected chi connectivity index (χ0v) is 21.6. The number of hydrogen-bond donors (Lipinski definition) is 1. The highest BCUT2D eigenvalue weighted by Crippen LogP contribution is 2.31. The Morgan fingerprint density at radius 1 is 1.00 bits per heavy atom. The number of carbonyl (C=O) groups is 2. The smallest absolute Gasteiger partial charge is 0.244 e. The van der Waals surface area contributed by atoms with E-state index in [-0.39, 0.29) is 28.2 Å². The fraction of sp³-hybridized carbons (Fsp3) is 0.364. The number of sulfonamides is 1. The number of halogens is 3. The molecule has 7 nitrogen and oxygen atoms in total. The monoisotopic (exact) mass is 533 g/mol. The second kappa shape index (κ2) is 11.9. The molecule has 2 aromatic carbocycles. The van der Waals surface area contributed by atoms with E-state index >= 15 is 0 Å². The van der Waals surface area contributed by atoms with Crippen molar-refractivity contribution in [1.82, 2.24) is 10.2 Å². The van der Waals surface area contributed by atoms with E-state index in [4.69, 9.17) is 34.8 Å². The summed E-state index contributed by atoms with van der Waals surface area (Å²) in [6, 6.07) is 10.4. The van der Waals surface area contributed by atoms with E-state index in [0.29, 0.717) is 18.0 Å². The van der Waals surface area contributed by atoms with Crippen LogP contribution in [-0.2, 0) is 26.2 Å². The second-order valence-corrected chi connectivity index (χ2v) is 10.5. The standard InChI is InChI=1S/C22H26Cl3N3O4S/c1-4-19(22(30)26-5-2)27(13-15-6-8-16(23)9-7-15)21(29)14-28(33(3,31)32)20-12-17(24)10-11-18(20)25/h6-12,19H,4-5,13-14H2,1-3H3,(H,26,30). The molecule has 0 fully saturated rings. The lowest BCUT2D eigenvalue weighted by molar-refractivity contribution is -0.140. The number of rotatable bonds is 10. The summed E-state index contributed by atoms with van der Waals surface area (Å²) < 4.78 is 26.1. The van der Waals surface area contributed by atoms with Crippen molar-refractivity contribution in [1.29, 1.82) is 0 Å². The van der Waals surface area contributed by atoms with Crippen molar-refractivity contribution in [3.8, 4) is 0 Å². The topological polar surface area (TPSA) is 86.8 Å². The molecule has 0 aliphatic rings. The maximum Gasteiger partial charge on any atom is 0.244 e. The molecule has 2 aromatic rings. The van der Waals surface area contributed by atoms with Gasteiger partial charge in [0.25, 0.3) is 0 Å². The van der Waals surface area contributed by atoms with Gasteiger partial charge in [-0.1, -0.05) is 53.9 Å². The molecule has 2 amide bonds. The number of anilines is 1. The minimum atomic E-state index is -3.90. The first-order valence-electron chi connectivity index (χ1n) is 10.2. The lowest BCUT2D eigenvalue weighted by atomic mass is 10.1. The Hall–Kier alpha value is -2.00.